The Kier molecular flexibility index (Phi) is 9.01. The molecule has 13 heteroatoms. The van der Waals surface area contributed by atoms with Crippen LogP contribution in [0.5, 0.6) is 0 Å². The lowest BCUT2D eigenvalue weighted by molar-refractivity contribution is 0.102. The molecule has 0 bridgehead atoms. The molecule has 0 unspecified atom stereocenters. The average molecular weight is 637 g/mol. The Labute approximate surface area is 247 Å². The second-order valence-corrected chi connectivity index (χ2v) is 13.7. The fraction of sp³-hybridized carbons (Fsp3) is 0.0741. The SMILES string of the molecule is CSc1ccc(S(=O)(=O)N(C)c2ccc(C(=O)Nc3ccc(S(=O)(=O)Nc4cccc(Cl)c4Cl)cc3)cc2)cc1. The van der Waals surface area contributed by atoms with E-state index in [1.54, 1.807) is 36.4 Å². The molecule has 8 nitrogen and oxygen atoms in total. The minimum Gasteiger partial charge on any atom is -0.322 e. The van der Waals surface area contributed by atoms with Gasteiger partial charge in [0.25, 0.3) is 26.0 Å². The van der Waals surface area contributed by atoms with Crippen molar-refractivity contribution in [1.82, 2.24) is 0 Å². The molecule has 0 radical (unpaired) electrons. The van der Waals surface area contributed by atoms with E-state index in [2.05, 4.69) is 10.0 Å². The number of thioether (sulfide) groups is 1. The molecule has 0 aliphatic heterocycles. The van der Waals surface area contributed by atoms with E-state index in [9.17, 15) is 21.6 Å². The average Bonchev–Trinajstić information content (AvgIpc) is 2.95. The van der Waals surface area contributed by atoms with Gasteiger partial charge in [0.15, 0.2) is 0 Å². The van der Waals surface area contributed by atoms with Crippen molar-refractivity contribution >= 4 is 78.0 Å². The minimum atomic E-state index is -3.96. The van der Waals surface area contributed by atoms with Crippen LogP contribution in [0, 0.1) is 0 Å². The molecule has 0 heterocycles. The van der Waals surface area contributed by atoms with Gasteiger partial charge < -0.3 is 5.32 Å². The molecule has 1 amide bonds. The summed E-state index contributed by atoms with van der Waals surface area (Å²) in [5.74, 6) is -0.454. The topological polar surface area (TPSA) is 113 Å². The highest BCUT2D eigenvalue weighted by Crippen LogP contribution is 2.31. The highest BCUT2D eigenvalue weighted by atomic mass is 35.5. The lowest BCUT2D eigenvalue weighted by Gasteiger charge is -2.20. The van der Waals surface area contributed by atoms with Crippen LogP contribution in [-0.2, 0) is 20.0 Å². The number of sulfonamides is 2. The molecule has 0 atom stereocenters. The Hall–Kier alpha value is -3.22. The first-order chi connectivity index (χ1) is 18.9. The molecular formula is C27H23Cl2N3O5S3. The molecule has 2 N–H and O–H groups in total. The summed E-state index contributed by atoms with van der Waals surface area (Å²) < 4.78 is 55.0. The van der Waals surface area contributed by atoms with Crippen molar-refractivity contribution in [2.75, 3.05) is 27.6 Å². The molecule has 0 spiro atoms. The van der Waals surface area contributed by atoms with E-state index in [0.29, 0.717) is 11.4 Å². The highest BCUT2D eigenvalue weighted by Gasteiger charge is 2.22. The van der Waals surface area contributed by atoms with Gasteiger partial charge in [0.05, 0.1) is 31.2 Å². The van der Waals surface area contributed by atoms with Gasteiger partial charge in [-0.05, 0) is 91.2 Å². The number of rotatable bonds is 9. The largest absolute Gasteiger partial charge is 0.322 e. The highest BCUT2D eigenvalue weighted by molar-refractivity contribution is 7.98. The van der Waals surface area contributed by atoms with Crippen molar-refractivity contribution in [2.45, 2.75) is 14.7 Å². The predicted octanol–water partition coefficient (Wildman–Crippen LogP) is 6.59. The lowest BCUT2D eigenvalue weighted by atomic mass is 10.2. The van der Waals surface area contributed by atoms with Crippen molar-refractivity contribution in [2.24, 2.45) is 0 Å². The fourth-order valence-electron chi connectivity index (χ4n) is 3.57. The first-order valence-electron chi connectivity index (χ1n) is 11.5. The smallest absolute Gasteiger partial charge is 0.264 e. The third kappa shape index (κ3) is 6.56. The summed E-state index contributed by atoms with van der Waals surface area (Å²) in [6, 6.07) is 22.8. The van der Waals surface area contributed by atoms with Crippen LogP contribution in [0.4, 0.5) is 17.1 Å². The lowest BCUT2D eigenvalue weighted by Crippen LogP contribution is -2.26. The Morgan fingerprint density at radius 1 is 0.800 bits per heavy atom. The Morgan fingerprint density at radius 2 is 1.40 bits per heavy atom. The van der Waals surface area contributed by atoms with Crippen LogP contribution in [-0.4, -0.2) is 36.0 Å². The van der Waals surface area contributed by atoms with Crippen molar-refractivity contribution in [3.63, 3.8) is 0 Å². The van der Waals surface area contributed by atoms with Crippen molar-refractivity contribution < 1.29 is 21.6 Å². The first-order valence-corrected chi connectivity index (χ1v) is 16.4. The fourth-order valence-corrected chi connectivity index (χ4v) is 6.65. The number of hydrogen-bond donors (Lipinski definition) is 2. The molecule has 0 aliphatic carbocycles. The van der Waals surface area contributed by atoms with Crippen LogP contribution in [0.25, 0.3) is 0 Å². The summed E-state index contributed by atoms with van der Waals surface area (Å²) in [5, 5.41) is 2.98. The number of benzene rings is 4. The predicted molar refractivity (Wildman–Crippen MR) is 162 cm³/mol. The zero-order chi connectivity index (χ0) is 29.1. The number of nitrogens with zero attached hydrogens (tertiary/aromatic N) is 1. The van der Waals surface area contributed by atoms with Gasteiger partial charge in [-0.1, -0.05) is 29.3 Å². The molecule has 0 aromatic heterocycles. The number of carbonyl (C=O) groups is 1. The van der Waals surface area contributed by atoms with E-state index < -0.39 is 26.0 Å². The van der Waals surface area contributed by atoms with Crippen molar-refractivity contribution in [3.05, 3.63) is 107 Å². The number of anilines is 3. The summed E-state index contributed by atoms with van der Waals surface area (Å²) in [6.45, 7) is 0. The zero-order valence-electron chi connectivity index (χ0n) is 21.1. The molecule has 4 rings (SSSR count). The normalized spacial score (nSPS) is 11.6. The number of amides is 1. The Bertz CT molecular complexity index is 1750. The van der Waals surface area contributed by atoms with Gasteiger partial charge in [-0.15, -0.1) is 11.8 Å². The summed E-state index contributed by atoms with van der Waals surface area (Å²) >= 11 is 13.5. The Morgan fingerprint density at radius 3 is 2.00 bits per heavy atom. The number of carbonyl (C=O) groups excluding carboxylic acids is 1. The Balaban J connectivity index is 1.43. The van der Waals surface area contributed by atoms with Gasteiger partial charge in [0.2, 0.25) is 0 Å². The zero-order valence-corrected chi connectivity index (χ0v) is 25.1. The molecule has 0 saturated carbocycles. The standard InChI is InChI=1S/C27H23Cl2N3O5S3/c1-32(40(36,37)23-16-12-21(38-2)13-17-23)20-10-6-18(7-11-20)27(33)30-19-8-14-22(15-9-19)39(34,35)31-25-5-3-4-24(28)26(25)29/h3-17,31H,1-2H3,(H,30,33). The molecular weight excluding hydrogens is 613 g/mol. The first kappa shape index (κ1) is 29.8. The van der Waals surface area contributed by atoms with Crippen molar-refractivity contribution in [3.8, 4) is 0 Å². The van der Waals surface area contributed by atoms with Gasteiger partial charge >= 0.3 is 0 Å². The number of nitrogens with one attached hydrogen (secondary N) is 2. The maximum Gasteiger partial charge on any atom is 0.264 e. The van der Waals surface area contributed by atoms with Gasteiger partial charge in [0, 0.05) is 23.2 Å². The van der Waals surface area contributed by atoms with Gasteiger partial charge in [-0.25, -0.2) is 16.8 Å². The van der Waals surface area contributed by atoms with E-state index in [-0.39, 0.29) is 31.1 Å². The quantitative estimate of drug-likeness (QED) is 0.201. The third-order valence-corrected chi connectivity index (χ3v) is 10.6. The van der Waals surface area contributed by atoms with Crippen LogP contribution in [0.3, 0.4) is 0 Å². The van der Waals surface area contributed by atoms with Crippen LogP contribution >= 0.6 is 35.0 Å². The van der Waals surface area contributed by atoms with Crippen LogP contribution in [0.1, 0.15) is 10.4 Å². The molecule has 4 aromatic carbocycles. The summed E-state index contributed by atoms with van der Waals surface area (Å²) in [6.07, 6.45) is 1.91. The number of hydrogen-bond acceptors (Lipinski definition) is 6. The molecule has 0 aliphatic rings. The molecule has 4 aromatic rings. The summed E-state index contributed by atoms with van der Waals surface area (Å²) in [4.78, 5) is 13.8. The van der Waals surface area contributed by atoms with Gasteiger partial charge in [-0.3, -0.25) is 13.8 Å². The third-order valence-electron chi connectivity index (χ3n) is 5.83. The molecule has 40 heavy (non-hydrogen) atoms. The molecule has 208 valence electrons. The second-order valence-electron chi connectivity index (χ2n) is 8.38. The van der Waals surface area contributed by atoms with E-state index in [1.807, 2.05) is 6.26 Å². The van der Waals surface area contributed by atoms with Crippen molar-refractivity contribution in [1.29, 1.82) is 0 Å². The van der Waals surface area contributed by atoms with E-state index in [0.717, 1.165) is 9.20 Å². The molecule has 0 fully saturated rings. The maximum atomic E-state index is 13.0. The van der Waals surface area contributed by atoms with Crippen LogP contribution < -0.4 is 14.3 Å². The monoisotopic (exact) mass is 635 g/mol. The molecule has 0 saturated heterocycles. The van der Waals surface area contributed by atoms with E-state index in [4.69, 9.17) is 23.2 Å². The van der Waals surface area contributed by atoms with Gasteiger partial charge in [0.1, 0.15) is 0 Å². The minimum absolute atomic E-state index is 0.0433. The van der Waals surface area contributed by atoms with E-state index in [1.165, 1.54) is 73.4 Å². The van der Waals surface area contributed by atoms with E-state index >= 15 is 0 Å². The maximum absolute atomic E-state index is 13.0. The summed E-state index contributed by atoms with van der Waals surface area (Å²) in [5.41, 5.74) is 1.17. The van der Waals surface area contributed by atoms with Crippen LogP contribution in [0.2, 0.25) is 10.0 Å². The summed E-state index contributed by atoms with van der Waals surface area (Å²) in [7, 11) is -6.30. The second kappa shape index (κ2) is 12.1. The van der Waals surface area contributed by atoms with Gasteiger partial charge in [-0.2, -0.15) is 0 Å². The number of halogens is 2. The van der Waals surface area contributed by atoms with Crippen LogP contribution in [0.15, 0.2) is 106 Å².